The third kappa shape index (κ3) is 1.50. The van der Waals surface area contributed by atoms with Gasteiger partial charge < -0.3 is 5.32 Å². The second kappa shape index (κ2) is 3.61. The van der Waals surface area contributed by atoms with Crippen molar-refractivity contribution in [3.63, 3.8) is 0 Å². The highest BCUT2D eigenvalue weighted by atomic mass is 16.1. The van der Waals surface area contributed by atoms with E-state index in [1.54, 1.807) is 10.7 Å². The van der Waals surface area contributed by atoms with Crippen molar-refractivity contribution < 1.29 is 0 Å². The summed E-state index contributed by atoms with van der Waals surface area (Å²) in [6.07, 6.45) is 2.39. The van der Waals surface area contributed by atoms with Gasteiger partial charge in [-0.05, 0) is 19.4 Å². The van der Waals surface area contributed by atoms with Crippen molar-refractivity contribution in [1.82, 2.24) is 14.7 Å². The Hall–Kier alpha value is -1.03. The van der Waals surface area contributed by atoms with Crippen LogP contribution in [0.2, 0.25) is 0 Å². The van der Waals surface area contributed by atoms with E-state index in [1.165, 1.54) is 12.8 Å². The molecule has 78 valence electrons. The quantitative estimate of drug-likeness (QED) is 0.695. The molecule has 0 aliphatic carbocycles. The van der Waals surface area contributed by atoms with E-state index in [9.17, 15) is 4.79 Å². The fourth-order valence-electron chi connectivity index (χ4n) is 2.12. The Morgan fingerprint density at radius 2 is 2.21 bits per heavy atom. The fourth-order valence-corrected chi connectivity index (χ4v) is 2.12. The number of nitrogens with zero attached hydrogens (tertiary/aromatic N) is 2. The van der Waals surface area contributed by atoms with Crippen molar-refractivity contribution in [1.29, 1.82) is 0 Å². The van der Waals surface area contributed by atoms with Gasteiger partial charge >= 0.3 is 0 Å². The number of hydrogen-bond donors (Lipinski definition) is 1. The first-order valence-corrected chi connectivity index (χ1v) is 5.14. The summed E-state index contributed by atoms with van der Waals surface area (Å²) < 4.78 is 3.62. The molecule has 1 aliphatic rings. The van der Waals surface area contributed by atoms with Gasteiger partial charge in [-0.2, -0.15) is 0 Å². The van der Waals surface area contributed by atoms with Crippen LogP contribution in [0.15, 0.2) is 10.9 Å². The molecule has 2 rings (SSSR count). The lowest BCUT2D eigenvalue weighted by Crippen LogP contribution is -2.29. The highest BCUT2D eigenvalue weighted by Gasteiger charge is 2.19. The predicted molar refractivity (Wildman–Crippen MR) is 55.5 cm³/mol. The summed E-state index contributed by atoms with van der Waals surface area (Å²) in [6, 6.07) is 1.76. The van der Waals surface area contributed by atoms with Crippen LogP contribution in [-0.4, -0.2) is 22.5 Å². The summed E-state index contributed by atoms with van der Waals surface area (Å²) in [6.45, 7) is 2.11. The number of nitrogens with one attached hydrogen (secondary N) is 1. The molecule has 0 aromatic carbocycles. The van der Waals surface area contributed by atoms with Crippen LogP contribution in [-0.2, 0) is 14.1 Å². The Kier molecular flexibility index (Phi) is 2.46. The number of hydrogen-bond acceptors (Lipinski definition) is 2. The highest BCUT2D eigenvalue weighted by Crippen LogP contribution is 2.21. The molecular weight excluding hydrogens is 178 g/mol. The van der Waals surface area contributed by atoms with Gasteiger partial charge in [0, 0.05) is 38.3 Å². The number of piperidine rings is 1. The Labute approximate surface area is 83.5 Å². The Bertz CT molecular complexity index is 371. The van der Waals surface area contributed by atoms with E-state index in [0.29, 0.717) is 5.92 Å². The maximum Gasteiger partial charge on any atom is 0.266 e. The average Bonchev–Trinajstić information content (AvgIpc) is 2.47. The van der Waals surface area contributed by atoms with Crippen LogP contribution in [0, 0.1) is 0 Å². The van der Waals surface area contributed by atoms with Gasteiger partial charge in [-0.1, -0.05) is 0 Å². The van der Waals surface area contributed by atoms with E-state index in [-0.39, 0.29) is 5.56 Å². The number of aromatic nitrogens is 2. The van der Waals surface area contributed by atoms with E-state index >= 15 is 0 Å². The van der Waals surface area contributed by atoms with Crippen molar-refractivity contribution in [3.8, 4) is 0 Å². The zero-order valence-electron chi connectivity index (χ0n) is 8.79. The summed E-state index contributed by atoms with van der Waals surface area (Å²) in [4.78, 5) is 11.4. The van der Waals surface area contributed by atoms with E-state index in [4.69, 9.17) is 0 Å². The summed E-state index contributed by atoms with van der Waals surface area (Å²) in [5.74, 6) is 0.502. The summed E-state index contributed by atoms with van der Waals surface area (Å²) >= 11 is 0. The number of rotatable bonds is 1. The second-order valence-electron chi connectivity index (χ2n) is 4.00. The highest BCUT2D eigenvalue weighted by molar-refractivity contribution is 5.10. The summed E-state index contributed by atoms with van der Waals surface area (Å²) in [5, 5.41) is 3.36. The first kappa shape index (κ1) is 9.52. The van der Waals surface area contributed by atoms with Crippen molar-refractivity contribution in [3.05, 3.63) is 22.1 Å². The molecule has 4 nitrogen and oxygen atoms in total. The predicted octanol–water partition coefficient (Wildman–Crippen LogP) is 0.191. The van der Waals surface area contributed by atoms with Gasteiger partial charge in [0.1, 0.15) is 0 Å². The van der Waals surface area contributed by atoms with Gasteiger partial charge in [-0.15, -0.1) is 0 Å². The van der Waals surface area contributed by atoms with Gasteiger partial charge in [-0.25, -0.2) is 0 Å². The molecule has 4 heteroatoms. The first-order valence-electron chi connectivity index (χ1n) is 5.14. The monoisotopic (exact) mass is 195 g/mol. The molecule has 0 spiro atoms. The molecule has 1 unspecified atom stereocenters. The molecule has 2 heterocycles. The second-order valence-corrected chi connectivity index (χ2v) is 4.00. The molecule has 0 amide bonds. The molecule has 1 N–H and O–H groups in total. The minimum Gasteiger partial charge on any atom is -0.316 e. The van der Waals surface area contributed by atoms with Crippen LogP contribution >= 0.6 is 0 Å². The average molecular weight is 195 g/mol. The lowest BCUT2D eigenvalue weighted by Gasteiger charge is -2.23. The molecule has 0 saturated carbocycles. The molecular formula is C10H17N3O. The minimum atomic E-state index is 0.0908. The normalized spacial score (nSPS) is 22.6. The Balaban J connectivity index is 2.30. The molecule has 1 fully saturated rings. The van der Waals surface area contributed by atoms with Crippen molar-refractivity contribution in [2.24, 2.45) is 14.1 Å². The SMILES string of the molecule is Cn1c(C2CCCNC2)cc(=O)n1C. The van der Waals surface area contributed by atoms with Crippen LogP contribution in [0.25, 0.3) is 0 Å². The molecule has 1 aromatic rings. The first-order chi connectivity index (χ1) is 6.70. The molecule has 0 bridgehead atoms. The fraction of sp³-hybridized carbons (Fsp3) is 0.700. The standard InChI is InChI=1S/C10H17N3O/c1-12-9(6-10(14)13(12)2)8-4-3-5-11-7-8/h6,8,11H,3-5,7H2,1-2H3. The summed E-state index contributed by atoms with van der Waals surface area (Å²) in [5.41, 5.74) is 1.25. The maximum absolute atomic E-state index is 11.4. The van der Waals surface area contributed by atoms with Crippen LogP contribution < -0.4 is 10.9 Å². The van der Waals surface area contributed by atoms with E-state index in [1.807, 2.05) is 18.8 Å². The van der Waals surface area contributed by atoms with E-state index in [2.05, 4.69) is 5.32 Å². The van der Waals surface area contributed by atoms with Crippen LogP contribution in [0.3, 0.4) is 0 Å². The van der Waals surface area contributed by atoms with Crippen molar-refractivity contribution in [2.45, 2.75) is 18.8 Å². The van der Waals surface area contributed by atoms with Crippen LogP contribution in [0.1, 0.15) is 24.5 Å². The molecule has 1 aliphatic heterocycles. The Morgan fingerprint density at radius 3 is 2.71 bits per heavy atom. The zero-order chi connectivity index (χ0) is 10.1. The molecule has 1 aromatic heterocycles. The van der Waals surface area contributed by atoms with Gasteiger partial charge in [0.05, 0.1) is 0 Å². The van der Waals surface area contributed by atoms with Gasteiger partial charge in [0.25, 0.3) is 5.56 Å². The molecule has 14 heavy (non-hydrogen) atoms. The topological polar surface area (TPSA) is 39.0 Å². The zero-order valence-corrected chi connectivity index (χ0v) is 8.79. The van der Waals surface area contributed by atoms with Crippen molar-refractivity contribution in [2.75, 3.05) is 13.1 Å². The van der Waals surface area contributed by atoms with E-state index < -0.39 is 0 Å². The van der Waals surface area contributed by atoms with Gasteiger partial charge in [-0.3, -0.25) is 14.2 Å². The molecule has 0 radical (unpaired) electrons. The van der Waals surface area contributed by atoms with Crippen molar-refractivity contribution >= 4 is 0 Å². The smallest absolute Gasteiger partial charge is 0.266 e. The largest absolute Gasteiger partial charge is 0.316 e. The van der Waals surface area contributed by atoms with Gasteiger partial charge in [0.2, 0.25) is 0 Å². The van der Waals surface area contributed by atoms with Gasteiger partial charge in [0.15, 0.2) is 0 Å². The third-order valence-corrected chi connectivity index (χ3v) is 3.13. The molecule has 1 saturated heterocycles. The summed E-state index contributed by atoms with van der Waals surface area (Å²) in [7, 11) is 3.76. The van der Waals surface area contributed by atoms with Crippen LogP contribution in [0.5, 0.6) is 0 Å². The maximum atomic E-state index is 11.4. The lowest BCUT2D eigenvalue weighted by molar-refractivity contribution is 0.429. The van der Waals surface area contributed by atoms with Crippen LogP contribution in [0.4, 0.5) is 0 Å². The third-order valence-electron chi connectivity index (χ3n) is 3.13. The Morgan fingerprint density at radius 1 is 1.43 bits per heavy atom. The molecule has 1 atom stereocenters. The van der Waals surface area contributed by atoms with E-state index in [0.717, 1.165) is 18.8 Å². The lowest BCUT2D eigenvalue weighted by atomic mass is 9.96. The minimum absolute atomic E-state index is 0.0908.